The van der Waals surface area contributed by atoms with Gasteiger partial charge in [0.05, 0.1) is 0 Å². The van der Waals surface area contributed by atoms with Gasteiger partial charge in [0.25, 0.3) is 0 Å². The highest BCUT2D eigenvalue weighted by Crippen LogP contribution is 2.31. The number of allylic oxidation sites excluding steroid dienone is 3. The third-order valence-electron chi connectivity index (χ3n) is 5.33. The Bertz CT molecular complexity index is 831. The lowest BCUT2D eigenvalue weighted by Crippen LogP contribution is -2.21. The lowest BCUT2D eigenvalue weighted by Gasteiger charge is -2.21. The fourth-order valence-electron chi connectivity index (χ4n) is 3.47. The summed E-state index contributed by atoms with van der Waals surface area (Å²) in [7, 11) is 0. The summed E-state index contributed by atoms with van der Waals surface area (Å²) in [5.41, 5.74) is -0.713. The fraction of sp³-hybridized carbons (Fsp3) is 0.440. The normalized spacial score (nSPS) is 15.3. The molecule has 0 heterocycles. The third kappa shape index (κ3) is 10.2. The zero-order chi connectivity index (χ0) is 25.6. The van der Waals surface area contributed by atoms with Crippen molar-refractivity contribution in [3.63, 3.8) is 0 Å². The minimum Gasteiger partial charge on any atom is -0.481 e. The summed E-state index contributed by atoms with van der Waals surface area (Å²) >= 11 is 0. The van der Waals surface area contributed by atoms with Gasteiger partial charge in [0.2, 0.25) is 0 Å². The minimum absolute atomic E-state index is 0.0251. The Labute approximate surface area is 194 Å². The van der Waals surface area contributed by atoms with Crippen molar-refractivity contribution < 1.29 is 39.6 Å². The summed E-state index contributed by atoms with van der Waals surface area (Å²) in [6, 6.07) is 0. The van der Waals surface area contributed by atoms with Gasteiger partial charge in [-0.2, -0.15) is 0 Å². The average Bonchev–Trinajstić information content (AvgIpc) is 2.74. The highest BCUT2D eigenvalue weighted by molar-refractivity contribution is 5.93. The molecule has 4 N–H and O–H groups in total. The lowest BCUT2D eigenvalue weighted by molar-refractivity contribution is -0.139. The van der Waals surface area contributed by atoms with E-state index >= 15 is 0 Å². The zero-order valence-corrected chi connectivity index (χ0v) is 19.2. The van der Waals surface area contributed by atoms with E-state index in [1.54, 1.807) is 0 Å². The first-order valence-electron chi connectivity index (χ1n) is 10.8. The molecule has 182 valence electrons. The van der Waals surface area contributed by atoms with Crippen molar-refractivity contribution in [3.05, 3.63) is 60.3 Å². The van der Waals surface area contributed by atoms with E-state index in [1.807, 2.05) is 13.8 Å². The second-order valence-electron chi connectivity index (χ2n) is 7.64. The number of hydrogen-bond donors (Lipinski definition) is 4. The largest absolute Gasteiger partial charge is 0.481 e. The van der Waals surface area contributed by atoms with Gasteiger partial charge in [0, 0.05) is 23.1 Å². The first kappa shape index (κ1) is 29.6. The van der Waals surface area contributed by atoms with E-state index < -0.39 is 35.7 Å². The number of hydrogen-bond acceptors (Lipinski definition) is 4. The van der Waals surface area contributed by atoms with Crippen LogP contribution in [0, 0.1) is 17.8 Å². The predicted molar refractivity (Wildman–Crippen MR) is 125 cm³/mol. The van der Waals surface area contributed by atoms with Crippen molar-refractivity contribution in [2.45, 2.75) is 52.4 Å². The predicted octanol–water partition coefficient (Wildman–Crippen LogP) is 4.71. The molecule has 0 radical (unpaired) electrons. The minimum atomic E-state index is -1.46. The van der Waals surface area contributed by atoms with E-state index in [9.17, 15) is 34.5 Å². The number of rotatable bonds is 17. The van der Waals surface area contributed by atoms with E-state index in [1.165, 1.54) is 6.08 Å². The average molecular weight is 463 g/mol. The van der Waals surface area contributed by atoms with Crippen LogP contribution < -0.4 is 0 Å². The Morgan fingerprint density at radius 2 is 1.61 bits per heavy atom. The maximum absolute atomic E-state index is 12.2. The molecule has 33 heavy (non-hydrogen) atoms. The molecule has 8 heteroatoms. The first-order chi connectivity index (χ1) is 15.5. The molecule has 0 amide bonds. The van der Waals surface area contributed by atoms with Crippen molar-refractivity contribution in [1.82, 2.24) is 0 Å². The highest BCUT2D eigenvalue weighted by atomic mass is 16.4. The lowest BCUT2D eigenvalue weighted by atomic mass is 9.83. The van der Waals surface area contributed by atoms with Crippen LogP contribution in [-0.2, 0) is 19.2 Å². The number of carboxylic acids is 4. The van der Waals surface area contributed by atoms with Crippen molar-refractivity contribution >= 4 is 23.9 Å². The summed E-state index contributed by atoms with van der Waals surface area (Å²) in [5, 5.41) is 38.4. The quantitative estimate of drug-likeness (QED) is 0.138. The van der Waals surface area contributed by atoms with Gasteiger partial charge in [0.1, 0.15) is 5.92 Å². The number of carbonyl (C=O) groups is 4. The molecule has 0 bridgehead atoms. The Morgan fingerprint density at radius 3 is 2.00 bits per heavy atom. The number of carboxylic acid groups (broad SMARTS) is 4. The number of unbranched alkanes of at least 4 members (excludes halogenated alkanes) is 1. The molecule has 0 aromatic carbocycles. The topological polar surface area (TPSA) is 149 Å². The molecule has 0 aliphatic rings. The highest BCUT2D eigenvalue weighted by Gasteiger charge is 2.28. The maximum atomic E-state index is 12.2. The van der Waals surface area contributed by atoms with E-state index in [-0.39, 0.29) is 35.5 Å². The molecule has 0 aliphatic carbocycles. The molecule has 0 rings (SSSR count). The van der Waals surface area contributed by atoms with Crippen LogP contribution in [0.2, 0.25) is 0 Å². The van der Waals surface area contributed by atoms with Crippen molar-refractivity contribution in [2.75, 3.05) is 0 Å². The molecular weight excluding hydrogens is 428 g/mol. The van der Waals surface area contributed by atoms with Gasteiger partial charge in [-0.05, 0) is 30.4 Å². The Kier molecular flexibility index (Phi) is 13.8. The summed E-state index contributed by atoms with van der Waals surface area (Å²) in [5.74, 6) is -7.86. The SMILES string of the molecule is C=CCC(C=CC(=O)O)C(=CC(=C(CC(CC)CCCC)C(=O)O)C(C=C)C(=O)O)C(=O)O. The van der Waals surface area contributed by atoms with Gasteiger partial charge in [-0.25, -0.2) is 14.4 Å². The molecule has 0 fully saturated rings. The maximum Gasteiger partial charge on any atom is 0.332 e. The van der Waals surface area contributed by atoms with Gasteiger partial charge in [0.15, 0.2) is 0 Å². The molecule has 3 unspecified atom stereocenters. The van der Waals surface area contributed by atoms with E-state index in [4.69, 9.17) is 5.11 Å². The Balaban J connectivity index is 7.02. The standard InChI is InChI=1S/C25H34O8/c1-5-9-11-16(7-3)14-21(25(32)33)20(18(8-4)23(28)29)15-19(24(30)31)17(10-6-2)12-13-22(26)27/h6,8,12-13,15-18H,2,4-5,7,9-11,14H2,1,3H3,(H,26,27)(H,28,29)(H,30,31)(H,32,33). The summed E-state index contributed by atoms with van der Waals surface area (Å²) < 4.78 is 0. The molecule has 0 aliphatic heterocycles. The van der Waals surface area contributed by atoms with Gasteiger partial charge < -0.3 is 20.4 Å². The van der Waals surface area contributed by atoms with E-state index in [2.05, 4.69) is 13.2 Å². The molecule has 0 saturated heterocycles. The van der Waals surface area contributed by atoms with Crippen LogP contribution in [0.15, 0.2) is 60.3 Å². The van der Waals surface area contributed by atoms with E-state index in [0.717, 1.165) is 43.6 Å². The summed E-state index contributed by atoms with van der Waals surface area (Å²) in [4.78, 5) is 47.1. The Morgan fingerprint density at radius 1 is 0.970 bits per heavy atom. The second kappa shape index (κ2) is 15.4. The molecule has 0 spiro atoms. The second-order valence-corrected chi connectivity index (χ2v) is 7.64. The van der Waals surface area contributed by atoms with Crippen molar-refractivity contribution in [1.29, 1.82) is 0 Å². The fourth-order valence-corrected chi connectivity index (χ4v) is 3.47. The van der Waals surface area contributed by atoms with Gasteiger partial charge in [-0.3, -0.25) is 4.79 Å². The molecular formula is C25H34O8. The van der Waals surface area contributed by atoms with Gasteiger partial charge in [-0.1, -0.05) is 57.8 Å². The van der Waals surface area contributed by atoms with Crippen molar-refractivity contribution in [3.8, 4) is 0 Å². The van der Waals surface area contributed by atoms with Crippen LogP contribution >= 0.6 is 0 Å². The monoisotopic (exact) mass is 462 g/mol. The summed E-state index contributed by atoms with van der Waals surface area (Å²) in [6.07, 6.45) is 8.77. The smallest absolute Gasteiger partial charge is 0.332 e. The van der Waals surface area contributed by atoms with Crippen LogP contribution in [-0.4, -0.2) is 44.3 Å². The molecule has 0 aromatic rings. The zero-order valence-electron chi connectivity index (χ0n) is 19.2. The third-order valence-corrected chi connectivity index (χ3v) is 5.33. The van der Waals surface area contributed by atoms with Gasteiger partial charge in [-0.15, -0.1) is 13.2 Å². The van der Waals surface area contributed by atoms with Crippen LogP contribution in [0.1, 0.15) is 52.4 Å². The van der Waals surface area contributed by atoms with Crippen LogP contribution in [0.5, 0.6) is 0 Å². The van der Waals surface area contributed by atoms with Crippen molar-refractivity contribution in [2.24, 2.45) is 17.8 Å². The van der Waals surface area contributed by atoms with E-state index in [0.29, 0.717) is 6.42 Å². The molecule has 3 atom stereocenters. The van der Waals surface area contributed by atoms with Gasteiger partial charge >= 0.3 is 23.9 Å². The molecule has 8 nitrogen and oxygen atoms in total. The summed E-state index contributed by atoms with van der Waals surface area (Å²) in [6.45, 7) is 11.0. The Hall–Kier alpha value is -3.42. The first-order valence-corrected chi connectivity index (χ1v) is 10.8. The number of aliphatic carboxylic acids is 4. The van der Waals surface area contributed by atoms with Crippen LogP contribution in [0.4, 0.5) is 0 Å². The van der Waals surface area contributed by atoms with Crippen LogP contribution in [0.3, 0.4) is 0 Å². The van der Waals surface area contributed by atoms with Crippen LogP contribution in [0.25, 0.3) is 0 Å². The molecule has 0 saturated carbocycles. The molecule has 0 aromatic heterocycles.